The van der Waals surface area contributed by atoms with Gasteiger partial charge in [-0.15, -0.1) is 0 Å². The Labute approximate surface area is 95.0 Å². The van der Waals surface area contributed by atoms with Crippen molar-refractivity contribution in [1.29, 1.82) is 0 Å². The third-order valence-electron chi connectivity index (χ3n) is 2.20. The molecule has 0 aliphatic rings. The third kappa shape index (κ3) is 4.40. The van der Waals surface area contributed by atoms with Crippen molar-refractivity contribution in [2.75, 3.05) is 13.6 Å². The molecule has 1 aromatic carbocycles. The number of halogens is 1. The quantitative estimate of drug-likeness (QED) is 0.786. The van der Waals surface area contributed by atoms with Crippen LogP contribution in [0.2, 0.25) is 0 Å². The summed E-state index contributed by atoms with van der Waals surface area (Å²) < 4.78 is 12.7. The summed E-state index contributed by atoms with van der Waals surface area (Å²) in [5.74, 6) is -0.271. The Balaban J connectivity index is 2.42. The van der Waals surface area contributed by atoms with Crippen molar-refractivity contribution >= 4 is 5.91 Å². The van der Waals surface area contributed by atoms with Crippen molar-refractivity contribution in [2.24, 2.45) is 0 Å². The summed E-state index contributed by atoms with van der Waals surface area (Å²) >= 11 is 0. The summed E-state index contributed by atoms with van der Waals surface area (Å²) in [4.78, 5) is 11.3. The fourth-order valence-corrected chi connectivity index (χ4v) is 1.51. The number of carbonyl (C=O) groups excluding carboxylic acids is 1. The number of amides is 1. The molecule has 0 aliphatic heterocycles. The van der Waals surface area contributed by atoms with Crippen LogP contribution in [0.25, 0.3) is 0 Å². The zero-order valence-corrected chi connectivity index (χ0v) is 9.59. The number of hydrogen-bond donors (Lipinski definition) is 2. The van der Waals surface area contributed by atoms with Gasteiger partial charge in [0.1, 0.15) is 5.82 Å². The zero-order chi connectivity index (χ0) is 12.0. The molecule has 0 fully saturated rings. The van der Waals surface area contributed by atoms with Crippen LogP contribution < -0.4 is 10.6 Å². The van der Waals surface area contributed by atoms with Crippen molar-refractivity contribution < 1.29 is 9.18 Å². The van der Waals surface area contributed by atoms with Gasteiger partial charge in [-0.2, -0.15) is 0 Å². The molecule has 1 amide bonds. The highest BCUT2D eigenvalue weighted by Gasteiger charge is 2.07. The van der Waals surface area contributed by atoms with E-state index in [1.807, 2.05) is 6.92 Å². The van der Waals surface area contributed by atoms with Gasteiger partial charge in [-0.3, -0.25) is 4.79 Å². The molecule has 1 unspecified atom stereocenters. The molecule has 0 spiro atoms. The maximum Gasteiger partial charge on any atom is 0.234 e. The van der Waals surface area contributed by atoms with Crippen molar-refractivity contribution in [3.05, 3.63) is 35.6 Å². The monoisotopic (exact) mass is 224 g/mol. The largest absolute Gasteiger partial charge is 0.352 e. The highest BCUT2D eigenvalue weighted by Crippen LogP contribution is 2.05. The fourth-order valence-electron chi connectivity index (χ4n) is 1.51. The van der Waals surface area contributed by atoms with Crippen LogP contribution >= 0.6 is 0 Å². The average Bonchev–Trinajstić information content (AvgIpc) is 2.21. The molecule has 16 heavy (non-hydrogen) atoms. The van der Waals surface area contributed by atoms with Crippen LogP contribution in [0, 0.1) is 5.82 Å². The van der Waals surface area contributed by atoms with Crippen molar-refractivity contribution in [1.82, 2.24) is 10.6 Å². The maximum atomic E-state index is 12.7. The minimum atomic E-state index is -0.240. The second-order valence-corrected chi connectivity index (χ2v) is 3.83. The third-order valence-corrected chi connectivity index (χ3v) is 2.20. The summed E-state index contributed by atoms with van der Waals surface area (Å²) in [6.07, 6.45) is 0.704. The topological polar surface area (TPSA) is 41.1 Å². The molecular weight excluding hydrogens is 207 g/mol. The zero-order valence-electron chi connectivity index (χ0n) is 9.59. The smallest absolute Gasteiger partial charge is 0.234 e. The molecule has 0 saturated heterocycles. The van der Waals surface area contributed by atoms with Gasteiger partial charge in [0, 0.05) is 6.04 Å². The number of benzene rings is 1. The molecule has 0 aliphatic carbocycles. The van der Waals surface area contributed by atoms with Gasteiger partial charge in [0.25, 0.3) is 0 Å². The summed E-state index contributed by atoms with van der Waals surface area (Å²) in [6, 6.07) is 6.37. The van der Waals surface area contributed by atoms with E-state index in [1.165, 1.54) is 12.1 Å². The van der Waals surface area contributed by atoms with Gasteiger partial charge in [-0.1, -0.05) is 12.1 Å². The predicted molar refractivity (Wildman–Crippen MR) is 61.6 cm³/mol. The Bertz CT molecular complexity index is 337. The van der Waals surface area contributed by atoms with E-state index in [2.05, 4.69) is 10.6 Å². The molecular formula is C12H17FN2O. The summed E-state index contributed by atoms with van der Waals surface area (Å²) in [5, 5.41) is 5.63. The van der Waals surface area contributed by atoms with Crippen LogP contribution in [0.4, 0.5) is 4.39 Å². The van der Waals surface area contributed by atoms with E-state index >= 15 is 0 Å². The van der Waals surface area contributed by atoms with Crippen LogP contribution in [0.5, 0.6) is 0 Å². The first kappa shape index (κ1) is 12.6. The molecule has 2 N–H and O–H groups in total. The molecule has 4 heteroatoms. The first-order valence-electron chi connectivity index (χ1n) is 5.30. The molecule has 0 aromatic heterocycles. The van der Waals surface area contributed by atoms with Crippen LogP contribution in [-0.2, 0) is 11.2 Å². The standard InChI is InChI=1S/C12H17FN2O/c1-9(15-12(16)8-14-2)7-10-3-5-11(13)6-4-10/h3-6,9,14H,7-8H2,1-2H3,(H,15,16). The van der Waals surface area contributed by atoms with Crippen molar-refractivity contribution in [2.45, 2.75) is 19.4 Å². The van der Waals surface area contributed by atoms with Crippen LogP contribution in [-0.4, -0.2) is 25.5 Å². The molecule has 1 rings (SSSR count). The Morgan fingerprint density at radius 1 is 1.38 bits per heavy atom. The van der Waals surface area contributed by atoms with Gasteiger partial charge < -0.3 is 10.6 Å². The summed E-state index contributed by atoms with van der Waals surface area (Å²) in [7, 11) is 1.73. The molecule has 0 bridgehead atoms. The molecule has 3 nitrogen and oxygen atoms in total. The Hall–Kier alpha value is -1.42. The lowest BCUT2D eigenvalue weighted by Crippen LogP contribution is -2.39. The second kappa shape index (κ2) is 6.23. The summed E-state index contributed by atoms with van der Waals surface area (Å²) in [5.41, 5.74) is 1.01. The molecule has 1 aromatic rings. The van der Waals surface area contributed by atoms with E-state index < -0.39 is 0 Å². The van der Waals surface area contributed by atoms with E-state index in [-0.39, 0.29) is 17.8 Å². The number of nitrogens with one attached hydrogen (secondary N) is 2. The normalized spacial score (nSPS) is 12.2. The lowest BCUT2D eigenvalue weighted by atomic mass is 10.1. The van der Waals surface area contributed by atoms with Gasteiger partial charge in [0.2, 0.25) is 5.91 Å². The molecule has 88 valence electrons. The van der Waals surface area contributed by atoms with Gasteiger partial charge in [-0.25, -0.2) is 4.39 Å². The Morgan fingerprint density at radius 3 is 2.56 bits per heavy atom. The van der Waals surface area contributed by atoms with Crippen LogP contribution in [0.3, 0.4) is 0 Å². The Morgan fingerprint density at radius 2 is 2.00 bits per heavy atom. The highest BCUT2D eigenvalue weighted by atomic mass is 19.1. The van der Waals surface area contributed by atoms with Gasteiger partial charge in [-0.05, 0) is 38.1 Å². The number of carbonyl (C=O) groups is 1. The fraction of sp³-hybridized carbons (Fsp3) is 0.417. The van der Waals surface area contributed by atoms with Gasteiger partial charge >= 0.3 is 0 Å². The molecule has 1 atom stereocenters. The number of likely N-dealkylation sites (N-methyl/N-ethyl adjacent to an activating group) is 1. The predicted octanol–water partition coefficient (Wildman–Crippen LogP) is 1.09. The lowest BCUT2D eigenvalue weighted by Gasteiger charge is -2.13. The first-order chi connectivity index (χ1) is 7.61. The lowest BCUT2D eigenvalue weighted by molar-refractivity contribution is -0.120. The molecule has 0 heterocycles. The summed E-state index contributed by atoms with van der Waals surface area (Å²) in [6.45, 7) is 2.24. The second-order valence-electron chi connectivity index (χ2n) is 3.83. The number of hydrogen-bond acceptors (Lipinski definition) is 2. The molecule has 0 radical (unpaired) electrons. The highest BCUT2D eigenvalue weighted by molar-refractivity contribution is 5.78. The van der Waals surface area contributed by atoms with E-state index in [4.69, 9.17) is 0 Å². The minimum Gasteiger partial charge on any atom is -0.352 e. The van der Waals surface area contributed by atoms with Gasteiger partial charge in [0.15, 0.2) is 0 Å². The number of rotatable bonds is 5. The van der Waals surface area contributed by atoms with E-state index in [0.29, 0.717) is 13.0 Å². The first-order valence-corrected chi connectivity index (χ1v) is 5.30. The van der Waals surface area contributed by atoms with E-state index in [0.717, 1.165) is 5.56 Å². The van der Waals surface area contributed by atoms with Crippen molar-refractivity contribution in [3.63, 3.8) is 0 Å². The van der Waals surface area contributed by atoms with E-state index in [9.17, 15) is 9.18 Å². The SMILES string of the molecule is CNCC(=O)NC(C)Cc1ccc(F)cc1. The van der Waals surface area contributed by atoms with Gasteiger partial charge in [0.05, 0.1) is 6.54 Å². The van der Waals surface area contributed by atoms with Crippen LogP contribution in [0.1, 0.15) is 12.5 Å². The Kier molecular flexibility index (Phi) is 4.92. The van der Waals surface area contributed by atoms with Crippen molar-refractivity contribution in [3.8, 4) is 0 Å². The van der Waals surface area contributed by atoms with Crippen LogP contribution in [0.15, 0.2) is 24.3 Å². The molecule has 0 saturated carbocycles. The minimum absolute atomic E-state index is 0.0305. The van der Waals surface area contributed by atoms with E-state index in [1.54, 1.807) is 19.2 Å². The maximum absolute atomic E-state index is 12.7. The average molecular weight is 224 g/mol.